The normalized spacial score (nSPS) is 24.8. The average Bonchev–Trinajstić information content (AvgIpc) is 2.89. The lowest BCUT2D eigenvalue weighted by molar-refractivity contribution is 0.158. The van der Waals surface area contributed by atoms with E-state index in [1.54, 1.807) is 22.5 Å². The van der Waals surface area contributed by atoms with Crippen LogP contribution in [0.2, 0.25) is 0 Å². The number of rotatable bonds is 2. The summed E-state index contributed by atoms with van der Waals surface area (Å²) in [6.07, 6.45) is 2.28. The molecule has 0 amide bonds. The third-order valence-electron chi connectivity index (χ3n) is 4.44. The number of benzene rings is 1. The van der Waals surface area contributed by atoms with Gasteiger partial charge in [0.2, 0.25) is 10.0 Å². The van der Waals surface area contributed by atoms with Crippen molar-refractivity contribution in [1.82, 2.24) is 9.21 Å². The van der Waals surface area contributed by atoms with Crippen molar-refractivity contribution in [2.75, 3.05) is 31.9 Å². The first-order chi connectivity index (χ1) is 9.48. The zero-order valence-electron chi connectivity index (χ0n) is 11.7. The van der Waals surface area contributed by atoms with Gasteiger partial charge in [-0.05, 0) is 44.0 Å². The number of piperazine rings is 1. The van der Waals surface area contributed by atoms with Gasteiger partial charge in [0.05, 0.1) is 4.90 Å². The molecule has 0 spiro atoms. The van der Waals surface area contributed by atoms with Crippen LogP contribution in [0.25, 0.3) is 0 Å². The Kier molecular flexibility index (Phi) is 3.48. The Hall–Kier alpha value is -1.11. The van der Waals surface area contributed by atoms with E-state index in [4.69, 9.17) is 5.73 Å². The Morgan fingerprint density at radius 1 is 1.25 bits per heavy atom. The minimum Gasteiger partial charge on any atom is -0.398 e. The molecule has 0 aromatic heterocycles. The van der Waals surface area contributed by atoms with Crippen molar-refractivity contribution in [1.29, 1.82) is 0 Å². The number of hydrogen-bond acceptors (Lipinski definition) is 4. The van der Waals surface area contributed by atoms with E-state index in [1.807, 2.05) is 6.92 Å². The van der Waals surface area contributed by atoms with Gasteiger partial charge in [0.15, 0.2) is 0 Å². The lowest BCUT2D eigenvalue weighted by Crippen LogP contribution is -2.51. The molecule has 0 aliphatic carbocycles. The Labute approximate surface area is 120 Å². The van der Waals surface area contributed by atoms with Crippen molar-refractivity contribution in [2.24, 2.45) is 0 Å². The molecule has 110 valence electrons. The van der Waals surface area contributed by atoms with E-state index < -0.39 is 10.0 Å². The summed E-state index contributed by atoms with van der Waals surface area (Å²) in [7, 11) is -3.41. The summed E-state index contributed by atoms with van der Waals surface area (Å²) in [6.45, 7) is 5.01. The van der Waals surface area contributed by atoms with E-state index in [0.29, 0.717) is 29.7 Å². The van der Waals surface area contributed by atoms with Gasteiger partial charge in [-0.1, -0.05) is 6.07 Å². The molecule has 2 fully saturated rings. The van der Waals surface area contributed by atoms with Crippen LogP contribution in [0.3, 0.4) is 0 Å². The molecule has 0 saturated carbocycles. The molecule has 0 radical (unpaired) electrons. The minimum absolute atomic E-state index is 0.312. The summed E-state index contributed by atoms with van der Waals surface area (Å²) in [6, 6.07) is 5.39. The summed E-state index contributed by atoms with van der Waals surface area (Å²) in [4.78, 5) is 2.71. The highest BCUT2D eigenvalue weighted by molar-refractivity contribution is 7.89. The first-order valence-electron chi connectivity index (χ1n) is 7.09. The van der Waals surface area contributed by atoms with Gasteiger partial charge in [-0.25, -0.2) is 8.42 Å². The third-order valence-corrected chi connectivity index (χ3v) is 6.30. The Balaban J connectivity index is 1.86. The first kappa shape index (κ1) is 13.9. The molecule has 2 aliphatic rings. The van der Waals surface area contributed by atoms with Crippen LogP contribution in [0.5, 0.6) is 0 Å². The lowest BCUT2D eigenvalue weighted by Gasteiger charge is -2.36. The van der Waals surface area contributed by atoms with Crippen LogP contribution >= 0.6 is 0 Å². The second-order valence-corrected chi connectivity index (χ2v) is 7.65. The van der Waals surface area contributed by atoms with E-state index in [2.05, 4.69) is 4.90 Å². The SMILES string of the molecule is Cc1ccc(S(=O)(=O)N2CCN3CCCC3C2)cc1N. The van der Waals surface area contributed by atoms with Crippen molar-refractivity contribution in [3.05, 3.63) is 23.8 Å². The molecule has 1 unspecified atom stereocenters. The Morgan fingerprint density at radius 3 is 2.80 bits per heavy atom. The molecule has 2 N–H and O–H groups in total. The molecule has 2 saturated heterocycles. The van der Waals surface area contributed by atoms with Gasteiger partial charge < -0.3 is 5.73 Å². The summed E-state index contributed by atoms with van der Waals surface area (Å²) >= 11 is 0. The van der Waals surface area contributed by atoms with E-state index in [-0.39, 0.29) is 0 Å². The number of nitrogen functional groups attached to an aromatic ring is 1. The highest BCUT2D eigenvalue weighted by Crippen LogP contribution is 2.27. The molecule has 5 nitrogen and oxygen atoms in total. The number of aryl methyl sites for hydroxylation is 1. The minimum atomic E-state index is -3.41. The van der Waals surface area contributed by atoms with Crippen LogP contribution in [0.4, 0.5) is 5.69 Å². The smallest absolute Gasteiger partial charge is 0.243 e. The van der Waals surface area contributed by atoms with Gasteiger partial charge in [0, 0.05) is 31.4 Å². The second-order valence-electron chi connectivity index (χ2n) is 5.71. The fourth-order valence-corrected chi connectivity index (χ4v) is 4.61. The number of anilines is 1. The highest BCUT2D eigenvalue weighted by atomic mass is 32.2. The van der Waals surface area contributed by atoms with Gasteiger partial charge in [-0.3, -0.25) is 4.90 Å². The van der Waals surface area contributed by atoms with Gasteiger partial charge >= 0.3 is 0 Å². The Morgan fingerprint density at radius 2 is 2.05 bits per heavy atom. The van der Waals surface area contributed by atoms with Crippen LogP contribution < -0.4 is 5.73 Å². The largest absolute Gasteiger partial charge is 0.398 e. The van der Waals surface area contributed by atoms with Crippen molar-refractivity contribution in [3.8, 4) is 0 Å². The third kappa shape index (κ3) is 2.32. The molecule has 1 aromatic carbocycles. The van der Waals surface area contributed by atoms with E-state index in [1.165, 1.54) is 6.42 Å². The predicted octanol–water partition coefficient (Wildman–Crippen LogP) is 1.05. The summed E-state index contributed by atoms with van der Waals surface area (Å²) in [5.41, 5.74) is 7.28. The summed E-state index contributed by atoms with van der Waals surface area (Å²) in [5.74, 6) is 0. The van der Waals surface area contributed by atoms with E-state index in [0.717, 1.165) is 25.1 Å². The van der Waals surface area contributed by atoms with Crippen LogP contribution in [0, 0.1) is 6.92 Å². The zero-order valence-corrected chi connectivity index (χ0v) is 12.6. The average molecular weight is 295 g/mol. The topological polar surface area (TPSA) is 66.6 Å². The van der Waals surface area contributed by atoms with Crippen molar-refractivity contribution >= 4 is 15.7 Å². The first-order valence-corrected chi connectivity index (χ1v) is 8.53. The number of fused-ring (bicyclic) bond motifs is 1. The number of nitrogens with zero attached hydrogens (tertiary/aromatic N) is 2. The standard InChI is InChI=1S/C14H21N3O2S/c1-11-4-5-13(9-14(11)15)20(18,19)17-8-7-16-6-2-3-12(16)10-17/h4-5,9,12H,2-3,6-8,10,15H2,1H3. The van der Waals surface area contributed by atoms with Crippen LogP contribution in [0.15, 0.2) is 23.1 Å². The fraction of sp³-hybridized carbons (Fsp3) is 0.571. The maximum absolute atomic E-state index is 12.7. The second kappa shape index (κ2) is 5.02. The predicted molar refractivity (Wildman–Crippen MR) is 78.9 cm³/mol. The van der Waals surface area contributed by atoms with E-state index >= 15 is 0 Å². The zero-order chi connectivity index (χ0) is 14.3. The molecule has 1 aromatic rings. The Bertz CT molecular complexity index is 615. The van der Waals surface area contributed by atoms with Gasteiger partial charge in [-0.2, -0.15) is 4.31 Å². The van der Waals surface area contributed by atoms with Crippen molar-refractivity contribution in [2.45, 2.75) is 30.7 Å². The molecule has 6 heteroatoms. The molecular weight excluding hydrogens is 274 g/mol. The quantitative estimate of drug-likeness (QED) is 0.828. The molecular formula is C14H21N3O2S. The number of sulfonamides is 1. The van der Waals surface area contributed by atoms with Crippen molar-refractivity contribution in [3.63, 3.8) is 0 Å². The van der Waals surface area contributed by atoms with E-state index in [9.17, 15) is 8.42 Å². The molecule has 3 rings (SSSR count). The summed E-state index contributed by atoms with van der Waals surface area (Å²) < 4.78 is 27.0. The molecule has 20 heavy (non-hydrogen) atoms. The summed E-state index contributed by atoms with van der Waals surface area (Å²) in [5, 5.41) is 0. The molecule has 2 heterocycles. The van der Waals surface area contributed by atoms with Crippen LogP contribution in [-0.2, 0) is 10.0 Å². The molecule has 1 atom stereocenters. The number of hydrogen-bond donors (Lipinski definition) is 1. The van der Waals surface area contributed by atoms with Crippen LogP contribution in [0.1, 0.15) is 18.4 Å². The fourth-order valence-electron chi connectivity index (χ4n) is 3.11. The maximum Gasteiger partial charge on any atom is 0.243 e. The van der Waals surface area contributed by atoms with Crippen LogP contribution in [-0.4, -0.2) is 49.8 Å². The van der Waals surface area contributed by atoms with Gasteiger partial charge in [0.1, 0.15) is 0 Å². The maximum atomic E-state index is 12.7. The van der Waals surface area contributed by atoms with Crippen molar-refractivity contribution < 1.29 is 8.42 Å². The monoisotopic (exact) mass is 295 g/mol. The number of nitrogens with two attached hydrogens (primary N) is 1. The lowest BCUT2D eigenvalue weighted by atomic mass is 10.2. The molecule has 2 aliphatic heterocycles. The highest BCUT2D eigenvalue weighted by Gasteiger charge is 2.36. The van der Waals surface area contributed by atoms with Gasteiger partial charge in [-0.15, -0.1) is 0 Å². The van der Waals surface area contributed by atoms with Gasteiger partial charge in [0.25, 0.3) is 0 Å². The molecule has 0 bridgehead atoms.